The Morgan fingerprint density at radius 2 is 2.18 bits per heavy atom. The van der Waals surface area contributed by atoms with Gasteiger partial charge in [0.2, 0.25) is 0 Å². The Kier molecular flexibility index (Phi) is 4.11. The summed E-state index contributed by atoms with van der Waals surface area (Å²) in [5, 5.41) is 0. The van der Waals surface area contributed by atoms with Crippen LogP contribution in [0.15, 0.2) is 36.4 Å². The molecule has 1 heterocycles. The molecule has 1 aliphatic rings. The fraction of sp³-hybridized carbons (Fsp3) is 0.188. The van der Waals surface area contributed by atoms with E-state index in [-0.39, 0.29) is 17.9 Å². The van der Waals surface area contributed by atoms with Crippen LogP contribution >= 0.6 is 0 Å². The summed E-state index contributed by atoms with van der Waals surface area (Å²) in [6.45, 7) is 2.48. The first-order chi connectivity index (χ1) is 10.7. The average Bonchev–Trinajstić information content (AvgIpc) is 2.97. The molecule has 0 radical (unpaired) electrons. The first kappa shape index (κ1) is 14.6. The summed E-state index contributed by atoms with van der Waals surface area (Å²) in [7, 11) is 0.595. The Bertz CT molecular complexity index is 717. The van der Waals surface area contributed by atoms with E-state index in [9.17, 15) is 9.18 Å². The third-order valence-electron chi connectivity index (χ3n) is 3.36. The fourth-order valence-electron chi connectivity index (χ4n) is 2.26. The Labute approximate surface area is 128 Å². The summed E-state index contributed by atoms with van der Waals surface area (Å²) in [6, 6.07) is 9.53. The SMILES string of the molecule is CCOC(=O)c1ccc(Oc2ccc3c(c2)COB3)c(F)c1. The summed E-state index contributed by atoms with van der Waals surface area (Å²) in [4.78, 5) is 11.6. The van der Waals surface area contributed by atoms with Gasteiger partial charge in [0.25, 0.3) is 0 Å². The topological polar surface area (TPSA) is 44.8 Å². The van der Waals surface area contributed by atoms with Crippen LogP contribution in [0.2, 0.25) is 0 Å². The highest BCUT2D eigenvalue weighted by Gasteiger charge is 2.15. The molecule has 4 nitrogen and oxygen atoms in total. The van der Waals surface area contributed by atoms with Crippen LogP contribution in [0, 0.1) is 5.82 Å². The fourth-order valence-corrected chi connectivity index (χ4v) is 2.26. The maximum absolute atomic E-state index is 14.1. The zero-order valence-corrected chi connectivity index (χ0v) is 12.1. The monoisotopic (exact) mass is 300 g/mol. The van der Waals surface area contributed by atoms with Gasteiger partial charge in [-0.05, 0) is 48.3 Å². The Morgan fingerprint density at radius 1 is 1.32 bits per heavy atom. The Hall–Kier alpha value is -2.34. The van der Waals surface area contributed by atoms with Crippen LogP contribution in [-0.2, 0) is 16.0 Å². The third kappa shape index (κ3) is 2.97. The molecule has 0 fully saturated rings. The predicted molar refractivity (Wildman–Crippen MR) is 80.4 cm³/mol. The minimum absolute atomic E-state index is 0.0620. The highest BCUT2D eigenvalue weighted by atomic mass is 19.1. The van der Waals surface area contributed by atoms with Crippen LogP contribution < -0.4 is 10.2 Å². The van der Waals surface area contributed by atoms with Crippen LogP contribution in [0.25, 0.3) is 0 Å². The van der Waals surface area contributed by atoms with Gasteiger partial charge in [0, 0.05) is 0 Å². The molecule has 0 bridgehead atoms. The lowest BCUT2D eigenvalue weighted by Gasteiger charge is -2.09. The van der Waals surface area contributed by atoms with Crippen molar-refractivity contribution in [2.45, 2.75) is 13.5 Å². The van der Waals surface area contributed by atoms with E-state index in [4.69, 9.17) is 14.1 Å². The molecule has 2 aromatic rings. The second-order valence-electron chi connectivity index (χ2n) is 4.89. The summed E-state index contributed by atoms with van der Waals surface area (Å²) >= 11 is 0. The maximum atomic E-state index is 14.1. The number of carbonyl (C=O) groups excluding carboxylic acids is 1. The first-order valence-corrected chi connectivity index (χ1v) is 7.01. The van der Waals surface area contributed by atoms with Crippen LogP contribution in [0.4, 0.5) is 4.39 Å². The van der Waals surface area contributed by atoms with Crippen molar-refractivity contribution in [1.29, 1.82) is 0 Å². The van der Waals surface area contributed by atoms with E-state index < -0.39 is 11.8 Å². The number of hydrogen-bond acceptors (Lipinski definition) is 4. The molecule has 0 amide bonds. The quantitative estimate of drug-likeness (QED) is 0.642. The molecule has 3 rings (SSSR count). The lowest BCUT2D eigenvalue weighted by atomic mass is 9.87. The van der Waals surface area contributed by atoms with Crippen molar-refractivity contribution >= 4 is 18.9 Å². The van der Waals surface area contributed by atoms with Crippen LogP contribution in [-0.4, -0.2) is 20.1 Å². The zero-order chi connectivity index (χ0) is 15.5. The van der Waals surface area contributed by atoms with Gasteiger partial charge in [0.05, 0.1) is 18.8 Å². The number of ether oxygens (including phenoxy) is 2. The van der Waals surface area contributed by atoms with E-state index in [1.807, 2.05) is 12.1 Å². The van der Waals surface area contributed by atoms with E-state index in [0.717, 1.165) is 17.1 Å². The number of hydrogen-bond donors (Lipinski definition) is 0. The van der Waals surface area contributed by atoms with Gasteiger partial charge >= 0.3 is 13.5 Å². The molecule has 0 saturated carbocycles. The average molecular weight is 300 g/mol. The number of rotatable bonds is 4. The van der Waals surface area contributed by atoms with Gasteiger partial charge in [-0.2, -0.15) is 0 Å². The number of carbonyl (C=O) groups is 1. The Balaban J connectivity index is 1.79. The standard InChI is InChI=1S/C16H14BFO4/c1-2-20-16(19)10-3-6-15(14(18)8-10)22-12-4-5-13-11(7-12)9-21-17-13/h3-8,17H,2,9H2,1H3. The summed E-state index contributed by atoms with van der Waals surface area (Å²) in [5.74, 6) is -0.566. The number of benzene rings is 2. The van der Waals surface area contributed by atoms with Crippen molar-refractivity contribution in [3.05, 3.63) is 53.3 Å². The molecular weight excluding hydrogens is 286 g/mol. The normalized spacial score (nSPS) is 12.5. The minimum Gasteiger partial charge on any atom is -0.462 e. The van der Waals surface area contributed by atoms with Gasteiger partial charge in [0.15, 0.2) is 11.6 Å². The molecule has 2 aromatic carbocycles. The van der Waals surface area contributed by atoms with E-state index in [1.165, 1.54) is 12.1 Å². The molecule has 0 saturated heterocycles. The number of esters is 1. The van der Waals surface area contributed by atoms with Gasteiger partial charge in [-0.15, -0.1) is 0 Å². The molecule has 0 unspecified atom stereocenters. The van der Waals surface area contributed by atoms with Crippen LogP contribution in [0.5, 0.6) is 11.5 Å². The van der Waals surface area contributed by atoms with Crippen molar-refractivity contribution in [2.24, 2.45) is 0 Å². The van der Waals surface area contributed by atoms with Crippen molar-refractivity contribution < 1.29 is 23.3 Å². The Morgan fingerprint density at radius 3 is 2.95 bits per heavy atom. The summed E-state index contributed by atoms with van der Waals surface area (Å²) < 4.78 is 29.8. The van der Waals surface area contributed by atoms with Crippen LogP contribution in [0.1, 0.15) is 22.8 Å². The van der Waals surface area contributed by atoms with Crippen molar-refractivity contribution in [1.82, 2.24) is 0 Å². The van der Waals surface area contributed by atoms with E-state index in [1.54, 1.807) is 13.0 Å². The number of fused-ring (bicyclic) bond motifs is 1. The van der Waals surface area contributed by atoms with Crippen molar-refractivity contribution in [3.8, 4) is 11.5 Å². The van der Waals surface area contributed by atoms with Gasteiger partial charge in [-0.25, -0.2) is 9.18 Å². The van der Waals surface area contributed by atoms with Gasteiger partial charge in [0.1, 0.15) is 5.75 Å². The second-order valence-corrected chi connectivity index (χ2v) is 4.89. The molecule has 6 heteroatoms. The molecule has 0 N–H and O–H groups in total. The predicted octanol–water partition coefficient (Wildman–Crippen LogP) is 2.30. The molecule has 0 aromatic heterocycles. The lowest BCUT2D eigenvalue weighted by molar-refractivity contribution is 0.0525. The third-order valence-corrected chi connectivity index (χ3v) is 3.36. The van der Waals surface area contributed by atoms with Gasteiger partial charge in [-0.3, -0.25) is 0 Å². The smallest absolute Gasteiger partial charge is 0.338 e. The molecule has 0 spiro atoms. The van der Waals surface area contributed by atoms with Crippen molar-refractivity contribution in [3.63, 3.8) is 0 Å². The molecule has 112 valence electrons. The minimum atomic E-state index is -0.609. The zero-order valence-electron chi connectivity index (χ0n) is 12.1. The molecule has 1 aliphatic heterocycles. The number of halogens is 1. The highest BCUT2D eigenvalue weighted by Crippen LogP contribution is 2.26. The maximum Gasteiger partial charge on any atom is 0.338 e. The second kappa shape index (κ2) is 6.19. The molecular formula is C16H14BFO4. The summed E-state index contributed by atoms with van der Waals surface area (Å²) in [6.07, 6.45) is 0. The van der Waals surface area contributed by atoms with E-state index in [0.29, 0.717) is 19.8 Å². The first-order valence-electron chi connectivity index (χ1n) is 7.01. The molecule has 22 heavy (non-hydrogen) atoms. The molecule has 0 atom stereocenters. The largest absolute Gasteiger partial charge is 0.462 e. The van der Waals surface area contributed by atoms with E-state index >= 15 is 0 Å². The van der Waals surface area contributed by atoms with Gasteiger partial charge < -0.3 is 14.1 Å². The van der Waals surface area contributed by atoms with Crippen LogP contribution in [0.3, 0.4) is 0 Å². The lowest BCUT2D eigenvalue weighted by Crippen LogP contribution is -2.10. The summed E-state index contributed by atoms with van der Waals surface area (Å²) in [5.41, 5.74) is 2.32. The van der Waals surface area contributed by atoms with Crippen molar-refractivity contribution in [2.75, 3.05) is 6.61 Å². The highest BCUT2D eigenvalue weighted by molar-refractivity contribution is 6.48. The van der Waals surface area contributed by atoms with E-state index in [2.05, 4.69) is 0 Å². The molecule has 0 aliphatic carbocycles. The van der Waals surface area contributed by atoms with Gasteiger partial charge in [-0.1, -0.05) is 6.07 Å².